The first kappa shape index (κ1) is 14.8. The lowest BCUT2D eigenvalue weighted by atomic mass is 9.93. The van der Waals surface area contributed by atoms with Crippen molar-refractivity contribution in [3.63, 3.8) is 0 Å². The summed E-state index contributed by atoms with van der Waals surface area (Å²) < 4.78 is 13.3. The zero-order valence-corrected chi connectivity index (χ0v) is 13.7. The second-order valence-corrected chi connectivity index (χ2v) is 6.66. The molecule has 21 heavy (non-hydrogen) atoms. The summed E-state index contributed by atoms with van der Waals surface area (Å²) in [6.07, 6.45) is 5.73. The molecule has 0 saturated carbocycles. The first-order chi connectivity index (χ1) is 10.2. The Morgan fingerprint density at radius 2 is 1.71 bits per heavy atom. The van der Waals surface area contributed by atoms with Crippen LogP contribution < -0.4 is 0 Å². The monoisotopic (exact) mass is 346 g/mol. The third-order valence-electron chi connectivity index (χ3n) is 4.32. The number of halogens is 2. The highest BCUT2D eigenvalue weighted by Crippen LogP contribution is 2.25. The van der Waals surface area contributed by atoms with Crippen molar-refractivity contribution in [2.45, 2.75) is 32.1 Å². The fourth-order valence-electron chi connectivity index (χ4n) is 3.26. The Balaban J connectivity index is 1.69. The second-order valence-electron chi connectivity index (χ2n) is 6.02. The van der Waals surface area contributed by atoms with Crippen LogP contribution in [0.1, 0.15) is 28.7 Å². The summed E-state index contributed by atoms with van der Waals surface area (Å²) in [6.45, 7) is 0. The van der Waals surface area contributed by atoms with Gasteiger partial charge in [-0.05, 0) is 72.4 Å². The van der Waals surface area contributed by atoms with Crippen molar-refractivity contribution in [3.05, 3.63) is 70.5 Å². The number of fused-ring (bicyclic) bond motifs is 1. The Morgan fingerprint density at radius 3 is 2.48 bits per heavy atom. The average molecular weight is 347 g/mol. The van der Waals surface area contributed by atoms with E-state index < -0.39 is 0 Å². The first-order valence-corrected chi connectivity index (χ1v) is 8.78. The number of benzene rings is 2. The maximum Gasteiger partial charge on any atom is 0.123 e. The molecule has 0 aliphatic heterocycles. The molecule has 3 rings (SSSR count). The maximum atomic E-state index is 13.3. The topological polar surface area (TPSA) is 0 Å². The van der Waals surface area contributed by atoms with Crippen molar-refractivity contribution in [2.24, 2.45) is 5.92 Å². The predicted octanol–water partition coefficient (Wildman–Crippen LogP) is 5.11. The largest absolute Gasteiger partial charge is 0.207 e. The van der Waals surface area contributed by atoms with Gasteiger partial charge in [0.2, 0.25) is 0 Å². The SMILES string of the molecule is Fc1cccc(CC(CBr)Cc2ccc3c(c2)CCC3)c1. The highest BCUT2D eigenvalue weighted by Gasteiger charge is 2.14. The van der Waals surface area contributed by atoms with Crippen molar-refractivity contribution >= 4 is 15.9 Å². The highest BCUT2D eigenvalue weighted by atomic mass is 79.9. The molecule has 0 nitrogen and oxygen atoms in total. The molecule has 110 valence electrons. The van der Waals surface area contributed by atoms with Gasteiger partial charge in [0.1, 0.15) is 5.82 Å². The number of hydrogen-bond acceptors (Lipinski definition) is 0. The van der Waals surface area contributed by atoms with E-state index in [9.17, 15) is 4.39 Å². The molecular formula is C19H20BrF. The van der Waals surface area contributed by atoms with Crippen molar-refractivity contribution in [2.75, 3.05) is 5.33 Å². The Labute approximate surface area is 134 Å². The molecule has 0 radical (unpaired) electrons. The Kier molecular flexibility index (Phi) is 4.74. The van der Waals surface area contributed by atoms with Crippen molar-refractivity contribution < 1.29 is 4.39 Å². The van der Waals surface area contributed by atoms with Crippen LogP contribution in [-0.4, -0.2) is 5.33 Å². The van der Waals surface area contributed by atoms with Gasteiger partial charge in [0, 0.05) is 5.33 Å². The first-order valence-electron chi connectivity index (χ1n) is 7.65. The van der Waals surface area contributed by atoms with Gasteiger partial charge in [0.05, 0.1) is 0 Å². The number of rotatable bonds is 5. The van der Waals surface area contributed by atoms with E-state index in [0.29, 0.717) is 5.92 Å². The summed E-state index contributed by atoms with van der Waals surface area (Å²) >= 11 is 3.62. The highest BCUT2D eigenvalue weighted by molar-refractivity contribution is 9.09. The van der Waals surface area contributed by atoms with Crippen LogP contribution in [0.5, 0.6) is 0 Å². The molecule has 0 fully saturated rings. The van der Waals surface area contributed by atoms with Crippen LogP contribution in [-0.2, 0) is 25.7 Å². The maximum absolute atomic E-state index is 13.3. The number of alkyl halides is 1. The molecule has 2 aromatic carbocycles. The Morgan fingerprint density at radius 1 is 0.952 bits per heavy atom. The summed E-state index contributed by atoms with van der Waals surface area (Å²) in [5, 5.41) is 0.945. The molecule has 2 aromatic rings. The van der Waals surface area contributed by atoms with Crippen molar-refractivity contribution in [3.8, 4) is 0 Å². The van der Waals surface area contributed by atoms with Gasteiger partial charge in [-0.25, -0.2) is 4.39 Å². The molecular weight excluding hydrogens is 327 g/mol. The van der Waals surface area contributed by atoms with Gasteiger partial charge in [0.15, 0.2) is 0 Å². The van der Waals surface area contributed by atoms with Gasteiger partial charge in [0.25, 0.3) is 0 Å². The molecule has 1 aliphatic carbocycles. The minimum atomic E-state index is -0.140. The predicted molar refractivity (Wildman–Crippen MR) is 89.6 cm³/mol. The Bertz CT molecular complexity index is 621. The molecule has 2 heteroatoms. The van der Waals surface area contributed by atoms with Gasteiger partial charge in [-0.3, -0.25) is 0 Å². The van der Waals surface area contributed by atoms with E-state index in [0.717, 1.165) is 23.7 Å². The molecule has 0 saturated heterocycles. The van der Waals surface area contributed by atoms with Crippen LogP contribution in [0, 0.1) is 11.7 Å². The summed E-state index contributed by atoms with van der Waals surface area (Å²) in [5.41, 5.74) is 5.56. The lowest BCUT2D eigenvalue weighted by Crippen LogP contribution is -2.10. The minimum absolute atomic E-state index is 0.140. The molecule has 1 atom stereocenters. The third kappa shape index (κ3) is 3.74. The molecule has 0 aromatic heterocycles. The molecule has 0 heterocycles. The third-order valence-corrected chi connectivity index (χ3v) is 5.23. The Hall–Kier alpha value is -1.15. The fraction of sp³-hybridized carbons (Fsp3) is 0.368. The van der Waals surface area contributed by atoms with Crippen molar-refractivity contribution in [1.82, 2.24) is 0 Å². The van der Waals surface area contributed by atoms with Crippen LogP contribution in [0.25, 0.3) is 0 Å². The van der Waals surface area contributed by atoms with Crippen molar-refractivity contribution in [1.29, 1.82) is 0 Å². The number of aryl methyl sites for hydroxylation is 2. The fourth-order valence-corrected chi connectivity index (χ4v) is 3.72. The zero-order valence-electron chi connectivity index (χ0n) is 12.1. The standard InChI is InChI=1S/C19H20BrF/c20-13-16(9-14-3-1-6-19(21)12-14)10-15-7-8-17-4-2-5-18(17)11-15/h1,3,6-8,11-12,16H,2,4-5,9-10,13H2. The van der Waals surface area contributed by atoms with E-state index >= 15 is 0 Å². The zero-order chi connectivity index (χ0) is 14.7. The lowest BCUT2D eigenvalue weighted by Gasteiger charge is -2.15. The van der Waals surface area contributed by atoms with Crippen LogP contribution >= 0.6 is 15.9 Å². The summed E-state index contributed by atoms with van der Waals surface area (Å²) in [4.78, 5) is 0. The van der Waals surface area contributed by atoms with E-state index in [4.69, 9.17) is 0 Å². The van der Waals surface area contributed by atoms with Gasteiger partial charge >= 0.3 is 0 Å². The van der Waals surface area contributed by atoms with E-state index in [1.165, 1.54) is 42.0 Å². The normalized spacial score (nSPS) is 15.0. The van der Waals surface area contributed by atoms with E-state index in [-0.39, 0.29) is 5.82 Å². The van der Waals surface area contributed by atoms with Crippen LogP contribution in [0.3, 0.4) is 0 Å². The van der Waals surface area contributed by atoms with Gasteiger partial charge in [-0.2, -0.15) is 0 Å². The van der Waals surface area contributed by atoms with Gasteiger partial charge < -0.3 is 0 Å². The van der Waals surface area contributed by atoms with Gasteiger partial charge in [-0.15, -0.1) is 0 Å². The summed E-state index contributed by atoms with van der Waals surface area (Å²) in [6, 6.07) is 13.9. The molecule has 1 unspecified atom stereocenters. The van der Waals surface area contributed by atoms with Crippen LogP contribution in [0.4, 0.5) is 4.39 Å². The molecule has 0 bridgehead atoms. The van der Waals surface area contributed by atoms with Crippen LogP contribution in [0.2, 0.25) is 0 Å². The molecule has 0 spiro atoms. The molecule has 1 aliphatic rings. The quantitative estimate of drug-likeness (QED) is 0.660. The van der Waals surface area contributed by atoms with Crippen LogP contribution in [0.15, 0.2) is 42.5 Å². The summed E-state index contributed by atoms with van der Waals surface area (Å²) in [7, 11) is 0. The molecule has 0 N–H and O–H groups in total. The second kappa shape index (κ2) is 6.74. The molecule has 0 amide bonds. The van der Waals surface area contributed by atoms with Gasteiger partial charge in [-0.1, -0.05) is 46.3 Å². The van der Waals surface area contributed by atoms with E-state index in [2.05, 4.69) is 34.1 Å². The smallest absolute Gasteiger partial charge is 0.123 e. The van der Waals surface area contributed by atoms with E-state index in [1.807, 2.05) is 6.07 Å². The lowest BCUT2D eigenvalue weighted by molar-refractivity contribution is 0.582. The average Bonchev–Trinajstić information content (AvgIpc) is 2.94. The summed E-state index contributed by atoms with van der Waals surface area (Å²) in [5.74, 6) is 0.365. The number of hydrogen-bond donors (Lipinski definition) is 0. The van der Waals surface area contributed by atoms with E-state index in [1.54, 1.807) is 12.1 Å². The minimum Gasteiger partial charge on any atom is -0.207 e.